The van der Waals surface area contributed by atoms with Crippen molar-refractivity contribution in [2.75, 3.05) is 6.61 Å². The Hall–Kier alpha value is -0.830. The number of hydrogen-bond donors (Lipinski definition) is 0. The second kappa shape index (κ2) is 4.79. The maximum absolute atomic E-state index is 11.0. The normalized spacial score (nSPS) is 30.8. The van der Waals surface area contributed by atoms with Crippen LogP contribution in [-0.2, 0) is 14.3 Å². The van der Waals surface area contributed by atoms with Gasteiger partial charge in [-0.3, -0.25) is 4.79 Å². The molecule has 0 radical (unpaired) electrons. The van der Waals surface area contributed by atoms with E-state index in [9.17, 15) is 4.79 Å². The largest absolute Gasteiger partial charge is 0.459 e. The van der Waals surface area contributed by atoms with Crippen LogP contribution in [0.1, 0.15) is 40.5 Å². The maximum atomic E-state index is 11.0. The number of carbonyl (C=O) groups is 1. The van der Waals surface area contributed by atoms with Gasteiger partial charge in [-0.1, -0.05) is 11.6 Å². The molecule has 0 unspecified atom stereocenters. The SMILES string of the molecule is CC(=O)O[C@@]1(C)CCO[C@H](C=C(C)C)C1. The van der Waals surface area contributed by atoms with Crippen molar-refractivity contribution >= 4 is 5.97 Å². The number of carbonyl (C=O) groups excluding carboxylic acids is 1. The van der Waals surface area contributed by atoms with Crippen LogP contribution >= 0.6 is 0 Å². The van der Waals surface area contributed by atoms with Crippen LogP contribution in [0, 0.1) is 0 Å². The van der Waals surface area contributed by atoms with Gasteiger partial charge in [-0.2, -0.15) is 0 Å². The van der Waals surface area contributed by atoms with Gasteiger partial charge in [0.25, 0.3) is 0 Å². The third kappa shape index (κ3) is 4.04. The highest BCUT2D eigenvalue weighted by Crippen LogP contribution is 2.29. The molecule has 0 aromatic heterocycles. The number of ether oxygens (including phenoxy) is 2. The minimum atomic E-state index is -0.360. The minimum absolute atomic E-state index is 0.0769. The van der Waals surface area contributed by atoms with Crippen LogP contribution in [-0.4, -0.2) is 24.3 Å². The fraction of sp³-hybridized carbons (Fsp3) is 0.750. The molecule has 1 aliphatic heterocycles. The van der Waals surface area contributed by atoms with Crippen LogP contribution in [0.4, 0.5) is 0 Å². The first-order valence-corrected chi connectivity index (χ1v) is 5.37. The van der Waals surface area contributed by atoms with E-state index in [1.54, 1.807) is 0 Å². The number of hydrogen-bond acceptors (Lipinski definition) is 3. The molecule has 0 saturated carbocycles. The van der Waals surface area contributed by atoms with E-state index in [4.69, 9.17) is 9.47 Å². The van der Waals surface area contributed by atoms with Gasteiger partial charge in [0.15, 0.2) is 0 Å². The molecule has 0 bridgehead atoms. The number of allylic oxidation sites excluding steroid dienone is 1. The molecule has 2 atom stereocenters. The summed E-state index contributed by atoms with van der Waals surface area (Å²) in [5.74, 6) is -0.213. The van der Waals surface area contributed by atoms with Crippen molar-refractivity contribution in [3.63, 3.8) is 0 Å². The fourth-order valence-corrected chi connectivity index (χ4v) is 1.93. The monoisotopic (exact) mass is 212 g/mol. The molecule has 3 heteroatoms. The lowest BCUT2D eigenvalue weighted by Gasteiger charge is -2.36. The Kier molecular flexibility index (Phi) is 3.91. The van der Waals surface area contributed by atoms with Gasteiger partial charge in [0.1, 0.15) is 5.60 Å². The summed E-state index contributed by atoms with van der Waals surface area (Å²) in [4.78, 5) is 11.0. The van der Waals surface area contributed by atoms with E-state index in [1.165, 1.54) is 12.5 Å². The molecule has 1 heterocycles. The zero-order valence-corrected chi connectivity index (χ0v) is 10.0. The summed E-state index contributed by atoms with van der Waals surface area (Å²) in [5, 5.41) is 0. The molecular formula is C12H20O3. The Morgan fingerprint density at radius 1 is 1.47 bits per heavy atom. The summed E-state index contributed by atoms with van der Waals surface area (Å²) < 4.78 is 10.9. The topological polar surface area (TPSA) is 35.5 Å². The molecule has 0 N–H and O–H groups in total. The number of esters is 1. The lowest BCUT2D eigenvalue weighted by atomic mass is 9.91. The van der Waals surface area contributed by atoms with E-state index in [1.807, 2.05) is 20.8 Å². The van der Waals surface area contributed by atoms with E-state index in [0.717, 1.165) is 12.8 Å². The van der Waals surface area contributed by atoms with Crippen LogP contribution in [0.25, 0.3) is 0 Å². The van der Waals surface area contributed by atoms with Crippen molar-refractivity contribution in [2.24, 2.45) is 0 Å². The van der Waals surface area contributed by atoms with Gasteiger partial charge < -0.3 is 9.47 Å². The second-order valence-corrected chi connectivity index (χ2v) is 4.65. The van der Waals surface area contributed by atoms with Gasteiger partial charge >= 0.3 is 5.97 Å². The molecule has 1 fully saturated rings. The van der Waals surface area contributed by atoms with Crippen LogP contribution in [0.15, 0.2) is 11.6 Å². The third-order valence-electron chi connectivity index (χ3n) is 2.51. The lowest BCUT2D eigenvalue weighted by molar-refractivity contribution is -0.167. The molecule has 15 heavy (non-hydrogen) atoms. The first kappa shape index (κ1) is 12.2. The molecule has 1 saturated heterocycles. The fourth-order valence-electron chi connectivity index (χ4n) is 1.93. The van der Waals surface area contributed by atoms with Crippen LogP contribution in [0.5, 0.6) is 0 Å². The second-order valence-electron chi connectivity index (χ2n) is 4.65. The first-order valence-electron chi connectivity index (χ1n) is 5.37. The van der Waals surface area contributed by atoms with Crippen molar-refractivity contribution in [3.8, 4) is 0 Å². The van der Waals surface area contributed by atoms with Crippen molar-refractivity contribution in [1.29, 1.82) is 0 Å². The molecule has 0 aliphatic carbocycles. The summed E-state index contributed by atoms with van der Waals surface area (Å²) in [5.41, 5.74) is 0.868. The predicted molar refractivity (Wildman–Crippen MR) is 58.6 cm³/mol. The highest BCUT2D eigenvalue weighted by molar-refractivity contribution is 5.66. The van der Waals surface area contributed by atoms with Crippen LogP contribution in [0.2, 0.25) is 0 Å². The highest BCUT2D eigenvalue weighted by Gasteiger charge is 2.34. The predicted octanol–water partition coefficient (Wildman–Crippen LogP) is 2.45. The zero-order chi connectivity index (χ0) is 11.5. The summed E-state index contributed by atoms with van der Waals surface area (Å²) in [6, 6.07) is 0. The summed E-state index contributed by atoms with van der Waals surface area (Å²) in [7, 11) is 0. The molecule has 1 aliphatic rings. The van der Waals surface area contributed by atoms with Crippen molar-refractivity contribution < 1.29 is 14.3 Å². The molecule has 0 aromatic rings. The Bertz CT molecular complexity index is 266. The van der Waals surface area contributed by atoms with Crippen molar-refractivity contribution in [3.05, 3.63) is 11.6 Å². The summed E-state index contributed by atoms with van der Waals surface area (Å²) in [6.45, 7) is 8.17. The molecule has 1 rings (SSSR count). The van der Waals surface area contributed by atoms with Crippen molar-refractivity contribution in [2.45, 2.75) is 52.2 Å². The quantitative estimate of drug-likeness (QED) is 0.521. The van der Waals surface area contributed by atoms with Gasteiger partial charge in [-0.25, -0.2) is 0 Å². The van der Waals surface area contributed by atoms with Gasteiger partial charge in [-0.05, 0) is 20.8 Å². The Morgan fingerprint density at radius 3 is 2.67 bits per heavy atom. The molecule has 3 nitrogen and oxygen atoms in total. The molecule has 0 amide bonds. The Balaban J connectivity index is 2.62. The summed E-state index contributed by atoms with van der Waals surface area (Å²) in [6.07, 6.45) is 3.69. The smallest absolute Gasteiger partial charge is 0.303 e. The molecule has 0 aromatic carbocycles. The minimum Gasteiger partial charge on any atom is -0.459 e. The van der Waals surface area contributed by atoms with Crippen LogP contribution < -0.4 is 0 Å². The third-order valence-corrected chi connectivity index (χ3v) is 2.51. The summed E-state index contributed by atoms with van der Waals surface area (Å²) >= 11 is 0. The number of rotatable bonds is 2. The molecular weight excluding hydrogens is 192 g/mol. The molecule has 0 spiro atoms. The van der Waals surface area contributed by atoms with E-state index >= 15 is 0 Å². The highest BCUT2D eigenvalue weighted by atomic mass is 16.6. The van der Waals surface area contributed by atoms with Crippen LogP contribution in [0.3, 0.4) is 0 Å². The van der Waals surface area contributed by atoms with E-state index in [2.05, 4.69) is 6.08 Å². The van der Waals surface area contributed by atoms with E-state index in [-0.39, 0.29) is 17.7 Å². The van der Waals surface area contributed by atoms with E-state index < -0.39 is 0 Å². The van der Waals surface area contributed by atoms with Crippen molar-refractivity contribution in [1.82, 2.24) is 0 Å². The Morgan fingerprint density at radius 2 is 2.13 bits per heavy atom. The lowest BCUT2D eigenvalue weighted by Crippen LogP contribution is -2.41. The van der Waals surface area contributed by atoms with Gasteiger partial charge in [0, 0.05) is 19.8 Å². The van der Waals surface area contributed by atoms with Gasteiger partial charge in [-0.15, -0.1) is 0 Å². The van der Waals surface area contributed by atoms with Gasteiger partial charge in [0.05, 0.1) is 12.7 Å². The van der Waals surface area contributed by atoms with E-state index in [0.29, 0.717) is 6.61 Å². The van der Waals surface area contributed by atoms with Gasteiger partial charge in [0.2, 0.25) is 0 Å². The standard InChI is InChI=1S/C12H20O3/c1-9(2)7-11-8-12(4,5-6-14-11)15-10(3)13/h7,11H,5-6,8H2,1-4H3/t11-,12+/m1/s1. The Labute approximate surface area is 91.4 Å². The zero-order valence-electron chi connectivity index (χ0n) is 10.0. The first-order chi connectivity index (χ1) is 6.91. The maximum Gasteiger partial charge on any atom is 0.303 e. The average molecular weight is 212 g/mol. The average Bonchev–Trinajstić information content (AvgIpc) is 1.99. The molecule has 86 valence electrons.